The van der Waals surface area contributed by atoms with Gasteiger partial charge in [-0.15, -0.1) is 6.58 Å². The van der Waals surface area contributed by atoms with Gasteiger partial charge in [0.1, 0.15) is 11.5 Å². The van der Waals surface area contributed by atoms with E-state index in [1.54, 1.807) is 0 Å². The van der Waals surface area contributed by atoms with Crippen LogP contribution in [-0.2, 0) is 4.79 Å². The maximum atomic E-state index is 10.7. The summed E-state index contributed by atoms with van der Waals surface area (Å²) in [6, 6.07) is 19.7. The molecule has 4 aromatic rings. The summed E-state index contributed by atoms with van der Waals surface area (Å²) in [5.74, 6) is 1.77. The molecule has 2 aromatic carbocycles. The minimum atomic E-state index is 0.208. The average molecular weight is 427 g/mol. The first-order chi connectivity index (χ1) is 15.8. The summed E-state index contributed by atoms with van der Waals surface area (Å²) < 4.78 is 5.92. The molecule has 32 heavy (non-hydrogen) atoms. The van der Waals surface area contributed by atoms with Gasteiger partial charge in [0, 0.05) is 29.1 Å². The Morgan fingerprint density at radius 3 is 2.59 bits per heavy atom. The highest BCUT2D eigenvalue weighted by atomic mass is 16.5. The van der Waals surface area contributed by atoms with Crippen LogP contribution in [0, 0.1) is 0 Å². The molecule has 1 amide bonds. The van der Waals surface area contributed by atoms with Crippen LogP contribution in [0.1, 0.15) is 30.9 Å². The third-order valence-corrected chi connectivity index (χ3v) is 5.41. The Bertz CT molecular complexity index is 1170. The molecular formula is C26H26N4O2. The number of amides is 1. The number of carbonyl (C=O) groups is 1. The first-order valence-electron chi connectivity index (χ1n) is 10.7. The maximum absolute atomic E-state index is 10.7. The van der Waals surface area contributed by atoms with Crippen LogP contribution in [-0.4, -0.2) is 28.1 Å². The van der Waals surface area contributed by atoms with E-state index < -0.39 is 0 Å². The van der Waals surface area contributed by atoms with Crippen molar-refractivity contribution in [3.05, 3.63) is 85.2 Å². The fourth-order valence-electron chi connectivity index (χ4n) is 3.77. The van der Waals surface area contributed by atoms with Gasteiger partial charge in [-0.2, -0.15) is 5.10 Å². The molecule has 0 radical (unpaired) electrons. The zero-order valence-electron chi connectivity index (χ0n) is 17.8. The van der Waals surface area contributed by atoms with Gasteiger partial charge in [0.05, 0.1) is 17.4 Å². The molecule has 1 unspecified atom stereocenters. The van der Waals surface area contributed by atoms with Crippen LogP contribution in [0.25, 0.3) is 22.2 Å². The number of aromatic nitrogens is 3. The van der Waals surface area contributed by atoms with Gasteiger partial charge in [0.2, 0.25) is 6.41 Å². The molecule has 2 N–H and O–H groups in total. The lowest BCUT2D eigenvalue weighted by molar-refractivity contribution is -0.109. The number of benzene rings is 2. The molecule has 0 aliphatic carbocycles. The van der Waals surface area contributed by atoms with Gasteiger partial charge < -0.3 is 10.1 Å². The van der Waals surface area contributed by atoms with Crippen LogP contribution in [0.15, 0.2) is 79.5 Å². The smallest absolute Gasteiger partial charge is 0.207 e. The molecule has 0 aliphatic rings. The highest BCUT2D eigenvalue weighted by Gasteiger charge is 2.17. The van der Waals surface area contributed by atoms with Gasteiger partial charge in [-0.1, -0.05) is 24.3 Å². The number of nitrogens with zero attached hydrogens (tertiary/aromatic N) is 2. The maximum Gasteiger partial charge on any atom is 0.207 e. The van der Waals surface area contributed by atoms with E-state index in [1.807, 2.05) is 66.9 Å². The lowest BCUT2D eigenvalue weighted by atomic mass is 9.93. The summed E-state index contributed by atoms with van der Waals surface area (Å²) in [7, 11) is 0. The van der Waals surface area contributed by atoms with E-state index in [0.717, 1.165) is 65.0 Å². The number of aromatic amines is 1. The number of para-hydroxylation sites is 1. The Hall–Kier alpha value is -3.93. The van der Waals surface area contributed by atoms with Crippen molar-refractivity contribution in [2.24, 2.45) is 0 Å². The normalized spacial score (nSPS) is 11.8. The summed E-state index contributed by atoms with van der Waals surface area (Å²) in [6.45, 7) is 4.46. The van der Waals surface area contributed by atoms with E-state index in [0.29, 0.717) is 6.54 Å². The SMILES string of the molecule is C=CCCC(CCNC=O)c1cc2cn[nH]c2c(-c2ccc(Oc3ccccc3)cc2)n1. The Morgan fingerprint density at radius 1 is 1.06 bits per heavy atom. The molecule has 1 atom stereocenters. The zero-order valence-corrected chi connectivity index (χ0v) is 17.8. The second kappa shape index (κ2) is 10.4. The summed E-state index contributed by atoms with van der Waals surface area (Å²) in [6.07, 6.45) is 7.10. The van der Waals surface area contributed by atoms with Crippen LogP contribution >= 0.6 is 0 Å². The van der Waals surface area contributed by atoms with E-state index in [9.17, 15) is 4.79 Å². The highest BCUT2D eigenvalue weighted by Crippen LogP contribution is 2.32. The largest absolute Gasteiger partial charge is 0.457 e. The van der Waals surface area contributed by atoms with Crippen molar-refractivity contribution in [3.63, 3.8) is 0 Å². The molecule has 4 rings (SSSR count). The third-order valence-electron chi connectivity index (χ3n) is 5.41. The van der Waals surface area contributed by atoms with Gasteiger partial charge in [-0.05, 0) is 61.7 Å². The van der Waals surface area contributed by atoms with Crippen LogP contribution in [0.3, 0.4) is 0 Å². The molecule has 0 saturated carbocycles. The summed E-state index contributed by atoms with van der Waals surface area (Å²) in [5, 5.41) is 11.1. The molecule has 0 spiro atoms. The van der Waals surface area contributed by atoms with Crippen molar-refractivity contribution in [1.29, 1.82) is 0 Å². The van der Waals surface area contributed by atoms with E-state index in [4.69, 9.17) is 9.72 Å². The van der Waals surface area contributed by atoms with E-state index in [-0.39, 0.29) is 5.92 Å². The molecule has 2 aromatic heterocycles. The van der Waals surface area contributed by atoms with Gasteiger partial charge in [-0.3, -0.25) is 14.9 Å². The molecule has 6 heteroatoms. The lowest BCUT2D eigenvalue weighted by Gasteiger charge is -2.17. The fourth-order valence-corrected chi connectivity index (χ4v) is 3.77. The zero-order chi connectivity index (χ0) is 22.2. The second-order valence-electron chi connectivity index (χ2n) is 7.59. The highest BCUT2D eigenvalue weighted by molar-refractivity contribution is 5.91. The molecule has 0 fully saturated rings. The standard InChI is InChI=1S/C26H26N4O2/c1-2-3-7-19(14-15-27-18-31)24-16-21-17-28-30-26(21)25(29-24)20-10-12-23(13-11-20)32-22-8-5-4-6-9-22/h2,4-6,8-13,16-19H,1,3,7,14-15H2,(H,27,31)(H,28,30). The summed E-state index contributed by atoms with van der Waals surface area (Å²) >= 11 is 0. The van der Waals surface area contributed by atoms with Crippen molar-refractivity contribution in [2.75, 3.05) is 6.54 Å². The Morgan fingerprint density at radius 2 is 1.84 bits per heavy atom. The second-order valence-corrected chi connectivity index (χ2v) is 7.59. The van der Waals surface area contributed by atoms with Crippen molar-refractivity contribution in [3.8, 4) is 22.8 Å². The molecule has 6 nitrogen and oxygen atoms in total. The monoisotopic (exact) mass is 426 g/mol. The first-order valence-corrected chi connectivity index (χ1v) is 10.7. The van der Waals surface area contributed by atoms with Crippen LogP contribution in [0.5, 0.6) is 11.5 Å². The summed E-state index contributed by atoms with van der Waals surface area (Å²) in [5.41, 5.74) is 3.73. The van der Waals surface area contributed by atoms with Crippen LogP contribution < -0.4 is 10.1 Å². The number of ether oxygens (including phenoxy) is 1. The Labute approximate surface area is 187 Å². The summed E-state index contributed by atoms with van der Waals surface area (Å²) in [4.78, 5) is 15.7. The van der Waals surface area contributed by atoms with Gasteiger partial charge in [0.25, 0.3) is 0 Å². The number of rotatable bonds is 11. The minimum absolute atomic E-state index is 0.208. The van der Waals surface area contributed by atoms with Crippen molar-refractivity contribution in [2.45, 2.75) is 25.2 Å². The van der Waals surface area contributed by atoms with Gasteiger partial charge in [-0.25, -0.2) is 0 Å². The van der Waals surface area contributed by atoms with Gasteiger partial charge >= 0.3 is 0 Å². The molecule has 2 heterocycles. The van der Waals surface area contributed by atoms with Gasteiger partial charge in [0.15, 0.2) is 0 Å². The minimum Gasteiger partial charge on any atom is -0.457 e. The first kappa shape index (κ1) is 21.3. The molecule has 0 saturated heterocycles. The number of fused-ring (bicyclic) bond motifs is 1. The molecule has 162 valence electrons. The topological polar surface area (TPSA) is 79.9 Å². The predicted octanol–water partition coefficient (Wildman–Crippen LogP) is 5.60. The number of hydrogen-bond donors (Lipinski definition) is 2. The number of H-pyrrole nitrogens is 1. The van der Waals surface area contributed by atoms with Crippen LogP contribution in [0.2, 0.25) is 0 Å². The molecule has 0 bridgehead atoms. The van der Waals surface area contributed by atoms with Crippen LogP contribution in [0.4, 0.5) is 0 Å². The van der Waals surface area contributed by atoms with E-state index >= 15 is 0 Å². The Balaban J connectivity index is 1.65. The molecular weight excluding hydrogens is 400 g/mol. The average Bonchev–Trinajstić information content (AvgIpc) is 3.31. The number of carbonyl (C=O) groups excluding carboxylic acids is 1. The van der Waals surface area contributed by atoms with E-state index in [2.05, 4.69) is 28.2 Å². The molecule has 0 aliphatic heterocycles. The number of pyridine rings is 1. The quantitative estimate of drug-likeness (QED) is 0.186. The number of nitrogens with one attached hydrogen (secondary N) is 2. The Kier molecular flexibility index (Phi) is 6.92. The fraction of sp³-hybridized carbons (Fsp3) is 0.192. The number of allylic oxidation sites excluding steroid dienone is 1. The lowest BCUT2D eigenvalue weighted by Crippen LogP contribution is -2.16. The predicted molar refractivity (Wildman–Crippen MR) is 127 cm³/mol. The van der Waals surface area contributed by atoms with Crippen molar-refractivity contribution >= 4 is 17.3 Å². The van der Waals surface area contributed by atoms with Crippen molar-refractivity contribution < 1.29 is 9.53 Å². The van der Waals surface area contributed by atoms with E-state index in [1.165, 1.54) is 0 Å². The number of hydrogen-bond acceptors (Lipinski definition) is 4. The third kappa shape index (κ3) is 5.03. The van der Waals surface area contributed by atoms with Crippen molar-refractivity contribution in [1.82, 2.24) is 20.5 Å².